The Morgan fingerprint density at radius 3 is 1.59 bits per heavy atom. The van der Waals surface area contributed by atoms with Crippen molar-refractivity contribution in [2.24, 2.45) is 0 Å². The van der Waals surface area contributed by atoms with Crippen molar-refractivity contribution in [2.75, 3.05) is 46.5 Å². The number of amides is 1. The first-order valence-corrected chi connectivity index (χ1v) is 20.7. The Hall–Kier alpha value is -4.16. The molecule has 0 saturated carbocycles. The second kappa shape index (κ2) is 27.4. The molecule has 0 atom stereocenters. The van der Waals surface area contributed by atoms with Crippen molar-refractivity contribution >= 4 is 57.6 Å². The predicted octanol–water partition coefficient (Wildman–Crippen LogP) is 1.75. The summed E-state index contributed by atoms with van der Waals surface area (Å²) in [7, 11) is 10.0. The van der Waals surface area contributed by atoms with Gasteiger partial charge in [-0.1, -0.05) is 33.7 Å². The first-order valence-electron chi connectivity index (χ1n) is 18.2. The number of carbonyl (C=O) groups excluding carboxylic acids is 2. The van der Waals surface area contributed by atoms with Crippen LogP contribution in [0, 0.1) is 0 Å². The molecule has 9 nitrogen and oxygen atoms in total. The molecule has 56 heavy (non-hydrogen) atoms. The highest BCUT2D eigenvalue weighted by atomic mass is 35.5. The van der Waals surface area contributed by atoms with Crippen LogP contribution in [0.5, 0.6) is 23.0 Å². The summed E-state index contributed by atoms with van der Waals surface area (Å²) in [6.07, 6.45) is 16.4. The minimum atomic E-state index is 0. The number of ketones is 1. The van der Waals surface area contributed by atoms with E-state index in [4.69, 9.17) is 18.9 Å². The largest absolute Gasteiger partial charge is 1.00 e. The maximum Gasteiger partial charge on any atom is 0.220 e. The third-order valence-electron chi connectivity index (χ3n) is 8.59. The number of carbonyl (C=O) groups is 2. The number of hydrogen-bond acceptors (Lipinski definition) is 8. The molecule has 1 N–H and O–H groups in total. The minimum Gasteiger partial charge on any atom is -1.00 e. The van der Waals surface area contributed by atoms with Gasteiger partial charge in [-0.25, -0.2) is 0 Å². The Labute approximate surface area is 352 Å². The summed E-state index contributed by atoms with van der Waals surface area (Å²) in [5.74, 6) is 4.90. The number of ether oxygens (including phenoxy) is 4. The molecule has 0 fully saturated rings. The number of aryl methyl sites for hydroxylation is 2. The van der Waals surface area contributed by atoms with E-state index < -0.39 is 0 Å². The summed E-state index contributed by atoms with van der Waals surface area (Å²) in [4.78, 5) is 25.0. The van der Waals surface area contributed by atoms with Crippen LogP contribution in [0.15, 0.2) is 85.2 Å². The summed E-state index contributed by atoms with van der Waals surface area (Å²) >= 11 is 0. The van der Waals surface area contributed by atoms with Gasteiger partial charge in [-0.3, -0.25) is 9.59 Å². The van der Waals surface area contributed by atoms with Crippen molar-refractivity contribution in [1.29, 1.82) is 0 Å². The molecule has 0 unspecified atom stereocenters. The molecule has 2 aromatic heterocycles. The number of aromatic nitrogens is 2. The van der Waals surface area contributed by atoms with Crippen LogP contribution in [0.4, 0.5) is 0 Å². The van der Waals surface area contributed by atoms with Gasteiger partial charge in [-0.15, -0.1) is 0 Å². The smallest absolute Gasteiger partial charge is 0.220 e. The highest BCUT2D eigenvalue weighted by Crippen LogP contribution is 2.29. The average Bonchev–Trinajstić information content (AvgIpc) is 3.20. The van der Waals surface area contributed by atoms with E-state index in [0.29, 0.717) is 54.6 Å². The molecule has 4 rings (SSSR count). The minimum absolute atomic E-state index is 0. The van der Waals surface area contributed by atoms with Gasteiger partial charge in [-0.05, 0) is 66.1 Å². The summed E-state index contributed by atoms with van der Waals surface area (Å²) < 4.78 is 25.8. The van der Waals surface area contributed by atoms with Gasteiger partial charge in [0.15, 0.2) is 35.4 Å². The molecule has 0 aliphatic heterocycles. The zero-order chi connectivity index (χ0) is 38.4. The van der Waals surface area contributed by atoms with Gasteiger partial charge >= 0.3 is 0 Å². The van der Waals surface area contributed by atoms with Crippen LogP contribution in [-0.2, 0) is 22.7 Å². The summed E-state index contributed by atoms with van der Waals surface area (Å²) in [5, 5.41) is 3.04. The molecular formula is C43H53Cl2N3O6S2. The number of rotatable bonds is 24. The quantitative estimate of drug-likeness (QED) is 0.0650. The summed E-state index contributed by atoms with van der Waals surface area (Å²) in [6.45, 7) is 2.16. The van der Waals surface area contributed by atoms with Gasteiger partial charge in [0.05, 0.1) is 28.4 Å². The SMILES string of the molecule is COc1ccc(/C=C/c2cccc[n+]2CCCC(=O)CCCSSCCNC(=O)CCC[n+]2ccccc2/C=C/c2ccc(OC)c(OC)c2)cc1OC.[Cl-].[Cl-]. The number of Topliss-reactive ketones (excluding diaryl/α,β-unsaturated/α-hetero) is 1. The van der Waals surface area contributed by atoms with Crippen molar-refractivity contribution in [2.45, 2.75) is 51.6 Å². The van der Waals surface area contributed by atoms with Crippen molar-refractivity contribution in [3.63, 3.8) is 0 Å². The van der Waals surface area contributed by atoms with Crippen LogP contribution in [0.25, 0.3) is 24.3 Å². The van der Waals surface area contributed by atoms with E-state index >= 15 is 0 Å². The Bertz CT molecular complexity index is 1730. The number of pyridine rings is 2. The van der Waals surface area contributed by atoms with Gasteiger partial charge in [-0.2, -0.15) is 9.13 Å². The zero-order valence-electron chi connectivity index (χ0n) is 32.6. The molecule has 0 bridgehead atoms. The first kappa shape index (κ1) is 48.0. The lowest BCUT2D eigenvalue weighted by Crippen LogP contribution is -3.00. The molecule has 0 radical (unpaired) electrons. The van der Waals surface area contributed by atoms with E-state index in [9.17, 15) is 9.59 Å². The number of halogens is 2. The van der Waals surface area contributed by atoms with Crippen molar-refractivity contribution in [3.05, 3.63) is 108 Å². The lowest BCUT2D eigenvalue weighted by molar-refractivity contribution is -0.699. The van der Waals surface area contributed by atoms with Crippen LogP contribution in [0.2, 0.25) is 0 Å². The van der Waals surface area contributed by atoms with Crippen molar-refractivity contribution < 1.29 is 62.5 Å². The van der Waals surface area contributed by atoms with Gasteiger partial charge < -0.3 is 49.1 Å². The third-order valence-corrected chi connectivity index (χ3v) is 11.1. The topological polar surface area (TPSA) is 90.9 Å². The van der Waals surface area contributed by atoms with Crippen molar-refractivity contribution in [1.82, 2.24) is 5.32 Å². The molecule has 0 spiro atoms. The maximum atomic E-state index is 12.6. The fourth-order valence-electron chi connectivity index (χ4n) is 5.71. The summed E-state index contributed by atoms with van der Waals surface area (Å²) in [6, 6.07) is 23.8. The van der Waals surface area contributed by atoms with Gasteiger partial charge in [0.25, 0.3) is 0 Å². The number of benzene rings is 2. The third kappa shape index (κ3) is 16.5. The lowest BCUT2D eigenvalue weighted by Gasteiger charge is -2.07. The van der Waals surface area contributed by atoms with E-state index in [2.05, 4.69) is 44.9 Å². The zero-order valence-corrected chi connectivity index (χ0v) is 35.7. The van der Waals surface area contributed by atoms with E-state index in [1.165, 1.54) is 0 Å². The Kier molecular flexibility index (Phi) is 23.5. The van der Waals surface area contributed by atoms with E-state index in [1.54, 1.807) is 50.0 Å². The fourth-order valence-corrected chi connectivity index (χ4v) is 7.71. The van der Waals surface area contributed by atoms with E-state index in [1.807, 2.05) is 79.0 Å². The fraction of sp³-hybridized carbons (Fsp3) is 0.349. The number of methoxy groups -OCH3 is 4. The molecule has 1 amide bonds. The lowest BCUT2D eigenvalue weighted by atomic mass is 10.1. The van der Waals surface area contributed by atoms with Crippen LogP contribution < -0.4 is 58.2 Å². The predicted molar refractivity (Wildman–Crippen MR) is 221 cm³/mol. The van der Waals surface area contributed by atoms with Crippen LogP contribution in [0.3, 0.4) is 0 Å². The first-order chi connectivity index (χ1) is 26.4. The Balaban J connectivity index is 0.00000541. The number of hydrogen-bond donors (Lipinski definition) is 1. The Morgan fingerprint density at radius 1 is 0.589 bits per heavy atom. The molecule has 0 saturated heterocycles. The standard InChI is InChI=1S/C43H52N3O6S2.2ClH/c1-49-39-23-19-34(32-41(39)51-3)17-21-36-12-5-7-26-45(36)28-9-14-38(47)15-11-30-53-54-31-25-44-43(48)16-10-29-46-27-8-6-13-37(46)22-18-35-20-24-40(50-2)42(33-35)52-4;;/h5-8,12-13,17-24,26-27,32-33H,9-11,14-16,25,28-31H2,1-4H3;2*1H/q+1;;/p-1/b21-17+,22-18+;;. The van der Waals surface area contributed by atoms with Gasteiger partial charge in [0.2, 0.25) is 17.3 Å². The summed E-state index contributed by atoms with van der Waals surface area (Å²) in [5.41, 5.74) is 4.15. The molecule has 2 heterocycles. The van der Waals surface area contributed by atoms with Crippen LogP contribution in [-0.4, -0.2) is 58.2 Å². The highest BCUT2D eigenvalue weighted by Gasteiger charge is 2.11. The second-order valence-electron chi connectivity index (χ2n) is 12.4. The van der Waals surface area contributed by atoms with Crippen LogP contribution in [0.1, 0.15) is 61.0 Å². The monoisotopic (exact) mass is 841 g/mol. The van der Waals surface area contributed by atoms with Crippen LogP contribution >= 0.6 is 21.6 Å². The van der Waals surface area contributed by atoms with E-state index in [0.717, 1.165) is 66.4 Å². The average molecular weight is 843 g/mol. The van der Waals surface area contributed by atoms with Gasteiger partial charge in [0.1, 0.15) is 18.9 Å². The maximum absolute atomic E-state index is 12.6. The molecule has 302 valence electrons. The van der Waals surface area contributed by atoms with E-state index in [-0.39, 0.29) is 30.7 Å². The second-order valence-corrected chi connectivity index (χ2v) is 15.1. The Morgan fingerprint density at radius 2 is 1.07 bits per heavy atom. The molecule has 4 aromatic rings. The number of nitrogens with one attached hydrogen (secondary N) is 1. The molecule has 13 heteroatoms. The molecular weight excluding hydrogens is 790 g/mol. The number of nitrogens with zero attached hydrogens (tertiary/aromatic N) is 2. The highest BCUT2D eigenvalue weighted by molar-refractivity contribution is 8.76. The van der Waals surface area contributed by atoms with Gasteiger partial charge in [0, 0.05) is 86.6 Å². The molecule has 0 aliphatic carbocycles. The molecule has 2 aromatic carbocycles. The molecule has 0 aliphatic rings. The van der Waals surface area contributed by atoms with Crippen molar-refractivity contribution in [3.8, 4) is 23.0 Å². The normalized spacial score (nSPS) is 10.8.